The van der Waals surface area contributed by atoms with E-state index in [2.05, 4.69) is 12.1 Å². The van der Waals surface area contributed by atoms with E-state index in [1.807, 2.05) is 12.1 Å². The van der Waals surface area contributed by atoms with Gasteiger partial charge in [-0.05, 0) is 54.3 Å². The SMILES string of the molecule is Cc1cc(C2=NOC3(C2)c2cc(Cl)cc(Cl)c2CC3C)ccc1C(=O)O. The molecule has 1 N–H and O–H groups in total. The van der Waals surface area contributed by atoms with Crippen molar-refractivity contribution in [3.63, 3.8) is 0 Å². The summed E-state index contributed by atoms with van der Waals surface area (Å²) in [5, 5.41) is 14.8. The monoisotopic (exact) mass is 389 g/mol. The molecule has 1 heterocycles. The maximum atomic E-state index is 11.2. The predicted molar refractivity (Wildman–Crippen MR) is 101 cm³/mol. The molecule has 0 saturated carbocycles. The van der Waals surface area contributed by atoms with Gasteiger partial charge in [-0.1, -0.05) is 41.3 Å². The van der Waals surface area contributed by atoms with Crippen LogP contribution in [0.5, 0.6) is 0 Å². The number of benzene rings is 2. The molecular formula is C20H17Cl2NO3. The molecule has 2 aliphatic rings. The van der Waals surface area contributed by atoms with Crippen molar-refractivity contribution in [1.82, 2.24) is 0 Å². The van der Waals surface area contributed by atoms with Crippen LogP contribution in [0.4, 0.5) is 0 Å². The molecule has 1 spiro atoms. The van der Waals surface area contributed by atoms with Gasteiger partial charge in [-0.3, -0.25) is 0 Å². The first-order chi connectivity index (χ1) is 12.3. The number of carboxylic acid groups (broad SMARTS) is 1. The van der Waals surface area contributed by atoms with E-state index in [1.54, 1.807) is 25.1 Å². The summed E-state index contributed by atoms with van der Waals surface area (Å²) in [7, 11) is 0. The van der Waals surface area contributed by atoms with E-state index in [4.69, 9.17) is 28.0 Å². The van der Waals surface area contributed by atoms with Gasteiger partial charge in [0.05, 0.1) is 11.3 Å². The third-order valence-electron chi connectivity index (χ3n) is 5.46. The number of nitrogens with zero attached hydrogens (tertiary/aromatic N) is 1. The van der Waals surface area contributed by atoms with Crippen LogP contribution in [0.15, 0.2) is 35.5 Å². The second-order valence-corrected chi connectivity index (χ2v) is 7.89. The summed E-state index contributed by atoms with van der Waals surface area (Å²) in [6, 6.07) is 8.92. The Balaban J connectivity index is 1.71. The lowest BCUT2D eigenvalue weighted by molar-refractivity contribution is -0.0543. The number of halogens is 2. The van der Waals surface area contributed by atoms with Crippen LogP contribution in [0, 0.1) is 12.8 Å². The third-order valence-corrected chi connectivity index (χ3v) is 6.02. The minimum absolute atomic E-state index is 0.203. The largest absolute Gasteiger partial charge is 0.478 e. The fraction of sp³-hybridized carbons (Fsp3) is 0.300. The van der Waals surface area contributed by atoms with Crippen LogP contribution in [-0.4, -0.2) is 16.8 Å². The van der Waals surface area contributed by atoms with Gasteiger partial charge >= 0.3 is 5.97 Å². The number of hydrogen-bond acceptors (Lipinski definition) is 3. The highest BCUT2D eigenvalue weighted by Crippen LogP contribution is 2.52. The standard InChI is InChI=1S/C20H17Cl2NO3/c1-10-5-12(3-4-14(10)19(24)25)18-9-20(26-23-18)11(2)6-15-16(20)7-13(21)8-17(15)22/h3-5,7-8,11H,6,9H2,1-2H3,(H,24,25). The van der Waals surface area contributed by atoms with Gasteiger partial charge < -0.3 is 9.94 Å². The Kier molecular flexibility index (Phi) is 4.01. The van der Waals surface area contributed by atoms with Crippen molar-refractivity contribution in [3.05, 3.63) is 68.2 Å². The van der Waals surface area contributed by atoms with E-state index in [9.17, 15) is 9.90 Å². The van der Waals surface area contributed by atoms with Gasteiger partial charge in [-0.25, -0.2) is 4.79 Å². The highest BCUT2D eigenvalue weighted by Gasteiger charge is 2.52. The number of rotatable bonds is 2. The summed E-state index contributed by atoms with van der Waals surface area (Å²) >= 11 is 12.6. The van der Waals surface area contributed by atoms with E-state index < -0.39 is 11.6 Å². The van der Waals surface area contributed by atoms with Gasteiger partial charge in [0.25, 0.3) is 0 Å². The number of carbonyl (C=O) groups is 1. The normalized spacial score (nSPS) is 23.7. The molecule has 0 saturated heterocycles. The second-order valence-electron chi connectivity index (χ2n) is 7.05. The number of fused-ring (bicyclic) bond motifs is 2. The Bertz CT molecular complexity index is 970. The first-order valence-electron chi connectivity index (χ1n) is 8.39. The molecule has 134 valence electrons. The molecule has 26 heavy (non-hydrogen) atoms. The Morgan fingerprint density at radius 3 is 2.77 bits per heavy atom. The number of hydrogen-bond donors (Lipinski definition) is 1. The van der Waals surface area contributed by atoms with E-state index in [0.29, 0.717) is 27.6 Å². The number of oxime groups is 1. The first-order valence-corrected chi connectivity index (χ1v) is 9.15. The summed E-state index contributed by atoms with van der Waals surface area (Å²) < 4.78 is 0. The van der Waals surface area contributed by atoms with Crippen LogP contribution in [0.1, 0.15) is 46.0 Å². The number of aromatic carboxylic acids is 1. The highest BCUT2D eigenvalue weighted by molar-refractivity contribution is 6.35. The average Bonchev–Trinajstić information content (AvgIpc) is 3.13. The van der Waals surface area contributed by atoms with Crippen molar-refractivity contribution < 1.29 is 14.7 Å². The summed E-state index contributed by atoms with van der Waals surface area (Å²) in [5.41, 5.74) is 4.17. The first kappa shape index (κ1) is 17.4. The summed E-state index contributed by atoms with van der Waals surface area (Å²) in [5.74, 6) is -0.730. The van der Waals surface area contributed by atoms with Gasteiger partial charge in [0, 0.05) is 27.9 Å². The predicted octanol–water partition coefficient (Wildman–Crippen LogP) is 5.21. The fourth-order valence-electron chi connectivity index (χ4n) is 4.02. The van der Waals surface area contributed by atoms with Crippen LogP contribution < -0.4 is 0 Å². The van der Waals surface area contributed by atoms with Crippen LogP contribution >= 0.6 is 23.2 Å². The smallest absolute Gasteiger partial charge is 0.335 e. The second kappa shape index (κ2) is 6.00. The minimum Gasteiger partial charge on any atom is -0.478 e. The van der Waals surface area contributed by atoms with Gasteiger partial charge in [0.2, 0.25) is 0 Å². The quantitative estimate of drug-likeness (QED) is 0.766. The summed E-state index contributed by atoms with van der Waals surface area (Å²) in [4.78, 5) is 17.2. The zero-order valence-corrected chi connectivity index (χ0v) is 15.9. The molecule has 1 aliphatic heterocycles. The van der Waals surface area contributed by atoms with Gasteiger partial charge in [-0.2, -0.15) is 0 Å². The van der Waals surface area contributed by atoms with Gasteiger partial charge in [-0.15, -0.1) is 0 Å². The molecule has 1 aliphatic carbocycles. The fourth-order valence-corrected chi connectivity index (χ4v) is 4.59. The van der Waals surface area contributed by atoms with Crippen molar-refractivity contribution >= 4 is 34.9 Å². The zero-order valence-electron chi connectivity index (χ0n) is 14.3. The summed E-state index contributed by atoms with van der Waals surface area (Å²) in [6.07, 6.45) is 1.41. The van der Waals surface area contributed by atoms with E-state index >= 15 is 0 Å². The molecule has 0 bridgehead atoms. The maximum absolute atomic E-state index is 11.2. The molecular weight excluding hydrogens is 373 g/mol. The third kappa shape index (κ3) is 2.51. The molecule has 4 rings (SSSR count). The van der Waals surface area contributed by atoms with E-state index in [0.717, 1.165) is 28.8 Å². The molecule has 6 heteroatoms. The van der Waals surface area contributed by atoms with Crippen LogP contribution in [0.2, 0.25) is 10.0 Å². The van der Waals surface area contributed by atoms with Gasteiger partial charge in [0.15, 0.2) is 5.60 Å². The molecule has 2 aromatic rings. The Morgan fingerprint density at radius 1 is 1.31 bits per heavy atom. The molecule has 0 aromatic heterocycles. The number of aryl methyl sites for hydroxylation is 1. The van der Waals surface area contributed by atoms with Crippen molar-refractivity contribution in [1.29, 1.82) is 0 Å². The lowest BCUT2D eigenvalue weighted by atomic mass is 9.83. The lowest BCUT2D eigenvalue weighted by Crippen LogP contribution is -2.30. The van der Waals surface area contributed by atoms with Crippen molar-refractivity contribution in [2.75, 3.05) is 0 Å². The molecule has 0 fully saturated rings. The van der Waals surface area contributed by atoms with Crippen molar-refractivity contribution in [3.8, 4) is 0 Å². The van der Waals surface area contributed by atoms with Crippen molar-refractivity contribution in [2.24, 2.45) is 11.1 Å². The Morgan fingerprint density at radius 2 is 2.08 bits per heavy atom. The maximum Gasteiger partial charge on any atom is 0.335 e. The van der Waals surface area contributed by atoms with Crippen molar-refractivity contribution in [2.45, 2.75) is 32.3 Å². The topological polar surface area (TPSA) is 58.9 Å². The number of carboxylic acids is 1. The molecule has 2 atom stereocenters. The summed E-state index contributed by atoms with van der Waals surface area (Å²) in [6.45, 7) is 3.91. The van der Waals surface area contributed by atoms with E-state index in [1.165, 1.54) is 0 Å². The minimum atomic E-state index is -0.933. The Hall–Kier alpha value is -2.04. The molecule has 2 unspecified atom stereocenters. The highest BCUT2D eigenvalue weighted by atomic mass is 35.5. The molecule has 2 aromatic carbocycles. The van der Waals surface area contributed by atoms with Gasteiger partial charge in [0.1, 0.15) is 0 Å². The van der Waals surface area contributed by atoms with Crippen LogP contribution in [0.3, 0.4) is 0 Å². The molecule has 0 radical (unpaired) electrons. The Labute approximate surface area is 161 Å². The average molecular weight is 390 g/mol. The van der Waals surface area contributed by atoms with Crippen LogP contribution in [0.25, 0.3) is 0 Å². The lowest BCUT2D eigenvalue weighted by Gasteiger charge is -2.27. The molecule has 4 nitrogen and oxygen atoms in total. The molecule has 0 amide bonds. The van der Waals surface area contributed by atoms with Crippen LogP contribution in [-0.2, 0) is 16.9 Å². The van der Waals surface area contributed by atoms with E-state index in [-0.39, 0.29) is 5.92 Å². The zero-order chi connectivity index (χ0) is 18.6.